The molecule has 6 aromatic heterocycles. The molecule has 4 saturated heterocycles. The van der Waals surface area contributed by atoms with Gasteiger partial charge in [-0.3, -0.25) is 23.4 Å². The minimum Gasteiger partial charge on any atom is -0.497 e. The number of rotatable bonds is 24. The van der Waals surface area contributed by atoms with E-state index in [0.29, 0.717) is 166 Å². The Morgan fingerprint density at radius 2 is 0.780 bits per heavy atom. The van der Waals surface area contributed by atoms with Crippen molar-refractivity contribution in [2.75, 3.05) is 131 Å². The fourth-order valence-electron chi connectivity index (χ4n) is 16.5. The molecule has 0 bridgehead atoms. The molecule has 38 nitrogen and oxygen atoms in total. The third-order valence-electron chi connectivity index (χ3n) is 24.1. The van der Waals surface area contributed by atoms with Gasteiger partial charge < -0.3 is 129 Å². The van der Waals surface area contributed by atoms with Crippen LogP contribution in [0.4, 0.5) is 63.9 Å². The molecule has 7 aromatic carbocycles. The number of nitrogens with zero attached hydrogens (tertiary/aromatic N) is 11. The predicted molar refractivity (Wildman–Crippen MR) is 545 cm³/mol. The van der Waals surface area contributed by atoms with Gasteiger partial charge >= 0.3 is 0 Å². The Balaban J connectivity index is 0.000000163. The monoisotopic (exact) mass is 2030 g/mol. The first kappa shape index (κ1) is 106. The Morgan fingerprint density at radius 1 is 0.418 bits per heavy atom. The maximum Gasteiger partial charge on any atom is 0.264 e. The van der Waals surface area contributed by atoms with Crippen molar-refractivity contribution in [2.24, 2.45) is 28.7 Å². The Kier molecular flexibility index (Phi) is 38.2. The molecule has 2 amide bonds. The average molecular weight is 2040 g/mol. The smallest absolute Gasteiger partial charge is 0.264 e. The van der Waals surface area contributed by atoms with Crippen molar-refractivity contribution < 1.29 is 78.3 Å². The molecule has 12 heterocycles. The van der Waals surface area contributed by atoms with E-state index in [0.717, 1.165) is 123 Å². The molecule has 22 N–H and O–H groups in total. The van der Waals surface area contributed by atoms with Crippen LogP contribution in [0.15, 0.2) is 209 Å². The number of nitrogens with one attached hydrogen (secondary N) is 8. The summed E-state index contributed by atoms with van der Waals surface area (Å²) in [7, 11) is 3.50. The molecular weight excluding hydrogens is 1910 g/mol. The van der Waals surface area contributed by atoms with Crippen molar-refractivity contribution in [3.63, 3.8) is 0 Å². The van der Waals surface area contributed by atoms with Crippen LogP contribution >= 0.6 is 0 Å². The van der Waals surface area contributed by atoms with E-state index in [1.165, 1.54) is 6.26 Å². The van der Waals surface area contributed by atoms with Crippen molar-refractivity contribution in [1.29, 1.82) is 0 Å². The van der Waals surface area contributed by atoms with Gasteiger partial charge in [-0.05, 0) is 189 Å². The van der Waals surface area contributed by atoms with Gasteiger partial charge in [0.25, 0.3) is 22.9 Å². The second-order valence-corrected chi connectivity index (χ2v) is 36.0. The molecular formula is C101H124N24O14PdS. The van der Waals surface area contributed by atoms with E-state index in [9.17, 15) is 23.4 Å². The number of fused-ring (bicyclic) bond motifs is 4. The van der Waals surface area contributed by atoms with E-state index in [1.54, 1.807) is 48.9 Å². The third kappa shape index (κ3) is 28.3. The summed E-state index contributed by atoms with van der Waals surface area (Å²) in [4.78, 5) is 91.8. The number of ether oxygens (including phenoxy) is 7. The molecule has 0 spiro atoms. The van der Waals surface area contributed by atoms with Crippen LogP contribution in [-0.4, -0.2) is 223 Å². The molecule has 9 unspecified atom stereocenters. The minimum absolute atomic E-state index is 0. The van der Waals surface area contributed by atoms with Crippen molar-refractivity contribution in [2.45, 2.75) is 139 Å². The van der Waals surface area contributed by atoms with E-state index in [2.05, 4.69) is 67.5 Å². The van der Waals surface area contributed by atoms with Gasteiger partial charge in [0.15, 0.2) is 0 Å². The first-order chi connectivity index (χ1) is 66.8. The number of nitrogens with two attached hydrogens (primary N) is 5. The van der Waals surface area contributed by atoms with E-state index in [-0.39, 0.29) is 108 Å². The van der Waals surface area contributed by atoms with Crippen molar-refractivity contribution >= 4 is 108 Å². The molecule has 0 aliphatic carbocycles. The molecule has 0 radical (unpaired) electrons. The number of aromatic nitrogens is 10. The Morgan fingerprint density at radius 3 is 1.16 bits per heavy atom. The zero-order valence-corrected chi connectivity index (χ0v) is 82.3. The number of pyridine rings is 2. The quantitative estimate of drug-likeness (QED) is 0.0198. The molecule has 9 atom stereocenters. The van der Waals surface area contributed by atoms with Gasteiger partial charge in [-0.2, -0.15) is 15.0 Å². The maximum atomic E-state index is 13.7. The van der Waals surface area contributed by atoms with Gasteiger partial charge in [-0.1, -0.05) is 84.9 Å². The molecule has 6 aliphatic heterocycles. The van der Waals surface area contributed by atoms with Crippen LogP contribution in [-0.2, 0) is 82.6 Å². The Bertz CT molecular complexity index is 6570. The van der Waals surface area contributed by atoms with E-state index >= 15 is 0 Å². The van der Waals surface area contributed by atoms with Gasteiger partial charge in [0.2, 0.25) is 23.0 Å². The molecule has 19 rings (SSSR count). The molecule has 40 heteroatoms. The summed E-state index contributed by atoms with van der Waals surface area (Å²) in [6.45, 7) is 15.3. The Hall–Kier alpha value is -13.4. The van der Waals surface area contributed by atoms with Crippen LogP contribution < -0.4 is 96.5 Å². The predicted octanol–water partition coefficient (Wildman–Crippen LogP) is 9.08. The van der Waals surface area contributed by atoms with Crippen LogP contribution in [0.3, 0.4) is 0 Å². The minimum atomic E-state index is -1.39. The van der Waals surface area contributed by atoms with Crippen LogP contribution in [0.2, 0.25) is 0 Å². The standard InChI is InChI=1S/C27H32N6O3.C27H30N6O3.C23H22N4O3S.C19H24N6O2.C5H12N2O.2H2O.Pd/c2*1-17-4-3-5-19(14-17)29-25-24-23(31-27(32-25)30-22-11-13-36-16-21(22)28)10-12-33(26(24)34)15-18-6-8-20(35-2)9-7-18;1-15-5-4-6-17(13-15)24-21-20-19(25-23(26-21)31(3)29)11-12-27(22(20)28)14-16-7-9-18(30-2)10-8-16;1-11-3-2-4-12(9-11)22-17-16-15(5-7-21-18(16)26)24-19(25-17)23-14-6-8-27-10-13(14)20;6-4-1-2-8-3-5(4)7;;;/h3-9,14,21-22H,10-13,15-16,28H2,1-2H3,(H2,29,30,31,32);3-10,12,14,21-22H,11,13,15-16,28H2,1-2H3,(H2,29,30,31,32);4-13H,14H2,1-3H3,(H,24,25,26);2-4,9,13-14H,5-8,10,20H2,1H3,(H,21,26)(H2,22,23,24,25);4-5H,1-3,6-7H2;2*1H2;. The summed E-state index contributed by atoms with van der Waals surface area (Å²) in [6, 6.07) is 58.0. The summed E-state index contributed by atoms with van der Waals surface area (Å²) in [6.07, 6.45) is 9.51. The van der Waals surface area contributed by atoms with Gasteiger partial charge in [0.05, 0.1) is 94.1 Å². The van der Waals surface area contributed by atoms with E-state index < -0.39 is 10.8 Å². The molecule has 141 heavy (non-hydrogen) atoms. The largest absolute Gasteiger partial charge is 0.497 e. The second-order valence-electron chi connectivity index (χ2n) is 34.7. The number of hydrogen-bond donors (Lipinski definition) is 13. The normalized spacial score (nSPS) is 18.6. The average Bonchev–Trinajstić information content (AvgIpc) is 0.775. The van der Waals surface area contributed by atoms with E-state index in [1.807, 2.05) is 209 Å². The summed E-state index contributed by atoms with van der Waals surface area (Å²) in [5.74, 6) is 5.26. The van der Waals surface area contributed by atoms with Crippen molar-refractivity contribution in [3.8, 4) is 17.2 Å². The van der Waals surface area contributed by atoms with Crippen LogP contribution in [0, 0.1) is 27.7 Å². The molecule has 13 aromatic rings. The van der Waals surface area contributed by atoms with Crippen molar-refractivity contribution in [3.05, 3.63) is 277 Å². The van der Waals surface area contributed by atoms with Crippen LogP contribution in [0.25, 0.3) is 21.8 Å². The molecule has 6 aliphatic rings. The van der Waals surface area contributed by atoms with Gasteiger partial charge in [0.1, 0.15) is 62.4 Å². The summed E-state index contributed by atoms with van der Waals surface area (Å²) in [5, 5.41) is 27.1. The number of aryl methyl sites for hydroxylation is 4. The maximum absolute atomic E-state index is 13.7. The molecule has 748 valence electrons. The zero-order chi connectivity index (χ0) is 96.9. The fourth-order valence-corrected chi connectivity index (χ4v) is 16.9. The number of hydrogen-bond acceptors (Lipinski definition) is 32. The second kappa shape index (κ2) is 50.6. The number of amides is 2. The van der Waals surface area contributed by atoms with E-state index in [4.69, 9.17) is 76.8 Å². The number of benzene rings is 7. The zero-order valence-electron chi connectivity index (χ0n) is 80.0. The number of carbonyl (C=O) groups excluding carboxylic acids is 2. The summed E-state index contributed by atoms with van der Waals surface area (Å²) in [5.41, 5.74) is 43.6. The SMILES string of the molecule is COc1ccc(CN2CCc3nc(NC4CCOCC4N)nc(Nc4cccc(C)c4)c3C2=O)cc1.COc1ccc(Cn2ccc3nc(NC4CCOCC4N)nc(Nc4cccc(C)c4)c3c2=O)cc1.COc1ccc(Cn2ccc3nc(S(C)=O)nc(Nc4cccc(C)c4)c3c2=O)cc1.Cc1cccc(Nc2nc(NC3CCOCC3N)nc3c2C(=O)NCC3)c1.NC1CCOCC1N.O.O.[Pd]. The van der Waals surface area contributed by atoms with Crippen LogP contribution in [0.1, 0.15) is 96.7 Å². The number of methoxy groups -OCH3 is 3. The number of carbonyl (C=O) groups is 2. The van der Waals surface area contributed by atoms with Crippen LogP contribution in [0.5, 0.6) is 17.2 Å². The summed E-state index contributed by atoms with van der Waals surface area (Å²) >= 11 is 0. The first-order valence-corrected chi connectivity index (χ1v) is 47.6. The number of anilines is 11. The molecule has 4 fully saturated rings. The van der Waals surface area contributed by atoms with Crippen molar-refractivity contribution in [1.82, 2.24) is 59.2 Å². The fraction of sp³-hybridized carbons (Fsp3) is 0.347. The first-order valence-electron chi connectivity index (χ1n) is 46.0. The third-order valence-corrected chi connectivity index (χ3v) is 24.8. The van der Waals surface area contributed by atoms with Gasteiger partial charge in [-0.15, -0.1) is 0 Å². The summed E-state index contributed by atoms with van der Waals surface area (Å²) < 4.78 is 52.4. The Labute approximate surface area is 833 Å². The topological polar surface area (TPSA) is 556 Å². The molecule has 0 saturated carbocycles. The van der Waals surface area contributed by atoms with Gasteiger partial charge in [-0.25, -0.2) is 24.9 Å². The van der Waals surface area contributed by atoms with Gasteiger partial charge in [0, 0.05) is 169 Å².